The Labute approximate surface area is 114 Å². The van der Waals surface area contributed by atoms with Crippen molar-refractivity contribution in [3.8, 4) is 0 Å². The van der Waals surface area contributed by atoms with Crippen molar-refractivity contribution in [3.63, 3.8) is 0 Å². The number of likely N-dealkylation sites (tertiary alicyclic amines) is 1. The van der Waals surface area contributed by atoms with Gasteiger partial charge in [0.15, 0.2) is 0 Å². The van der Waals surface area contributed by atoms with Crippen molar-refractivity contribution < 1.29 is 9.90 Å². The Kier molecular flexibility index (Phi) is 4.14. The first-order valence-corrected chi connectivity index (χ1v) is 6.96. The molecule has 0 radical (unpaired) electrons. The molecule has 0 spiro atoms. The Morgan fingerprint density at radius 3 is 2.95 bits per heavy atom. The zero-order valence-electron chi connectivity index (χ0n) is 11.7. The lowest BCUT2D eigenvalue weighted by Crippen LogP contribution is -2.31. The lowest BCUT2D eigenvalue weighted by atomic mass is 10.0. The molecule has 0 aliphatic carbocycles. The summed E-state index contributed by atoms with van der Waals surface area (Å²) in [6.07, 6.45) is 3.29. The number of carbonyl (C=O) groups excluding carboxylic acids is 1. The van der Waals surface area contributed by atoms with Crippen molar-refractivity contribution >= 4 is 11.6 Å². The van der Waals surface area contributed by atoms with Gasteiger partial charge in [-0.25, -0.2) is 0 Å². The van der Waals surface area contributed by atoms with E-state index in [1.807, 2.05) is 15.7 Å². The fourth-order valence-corrected chi connectivity index (χ4v) is 2.67. The molecule has 1 aliphatic heterocycles. The zero-order valence-corrected chi connectivity index (χ0v) is 11.7. The summed E-state index contributed by atoms with van der Waals surface area (Å²) >= 11 is 0. The average molecular weight is 265 g/mol. The van der Waals surface area contributed by atoms with Gasteiger partial charge in [0.25, 0.3) is 5.91 Å². The Morgan fingerprint density at radius 2 is 2.37 bits per heavy atom. The molecule has 1 aromatic heterocycles. The maximum absolute atomic E-state index is 12.5. The van der Waals surface area contributed by atoms with Gasteiger partial charge < -0.3 is 20.3 Å². The third kappa shape index (κ3) is 2.92. The first kappa shape index (κ1) is 13.9. The van der Waals surface area contributed by atoms with Crippen LogP contribution in [0.4, 0.5) is 5.69 Å². The van der Waals surface area contributed by atoms with E-state index in [4.69, 9.17) is 5.73 Å². The third-order valence-electron chi connectivity index (χ3n) is 3.80. The molecule has 106 valence electrons. The molecule has 1 saturated heterocycles. The van der Waals surface area contributed by atoms with Crippen LogP contribution in [0.5, 0.6) is 0 Å². The molecule has 1 aromatic rings. The van der Waals surface area contributed by atoms with Gasteiger partial charge in [-0.1, -0.05) is 6.92 Å². The van der Waals surface area contributed by atoms with Gasteiger partial charge in [-0.2, -0.15) is 0 Å². The van der Waals surface area contributed by atoms with E-state index in [2.05, 4.69) is 6.92 Å². The molecule has 1 aliphatic rings. The standard InChI is InChI=1S/C14H23N3O2/c1-3-5-16-9-12(15)7-13(16)14(19)17-6-4-11(8-17)10(2)18/h7,9-11,18H,3-6,8,15H2,1-2H3. The monoisotopic (exact) mass is 265 g/mol. The highest BCUT2D eigenvalue weighted by atomic mass is 16.3. The number of aryl methyl sites for hydroxylation is 1. The predicted molar refractivity (Wildman–Crippen MR) is 74.8 cm³/mol. The number of rotatable bonds is 4. The Balaban J connectivity index is 2.12. The number of aliphatic hydroxyl groups excluding tert-OH is 1. The molecule has 3 N–H and O–H groups in total. The van der Waals surface area contributed by atoms with E-state index in [1.54, 1.807) is 13.0 Å². The number of anilines is 1. The summed E-state index contributed by atoms with van der Waals surface area (Å²) in [6.45, 7) is 6.01. The number of carbonyl (C=O) groups is 1. The molecule has 0 saturated carbocycles. The number of aromatic nitrogens is 1. The van der Waals surface area contributed by atoms with Crippen LogP contribution in [0.15, 0.2) is 12.3 Å². The molecule has 19 heavy (non-hydrogen) atoms. The van der Waals surface area contributed by atoms with Crippen molar-refractivity contribution in [1.82, 2.24) is 9.47 Å². The van der Waals surface area contributed by atoms with Gasteiger partial charge in [-0.15, -0.1) is 0 Å². The summed E-state index contributed by atoms with van der Waals surface area (Å²) < 4.78 is 1.92. The highest BCUT2D eigenvalue weighted by Crippen LogP contribution is 2.22. The largest absolute Gasteiger partial charge is 0.397 e. The maximum Gasteiger partial charge on any atom is 0.270 e. The number of hydrogen-bond acceptors (Lipinski definition) is 3. The van der Waals surface area contributed by atoms with Crippen LogP contribution >= 0.6 is 0 Å². The fourth-order valence-electron chi connectivity index (χ4n) is 2.67. The van der Waals surface area contributed by atoms with Crippen molar-refractivity contribution in [2.24, 2.45) is 5.92 Å². The van der Waals surface area contributed by atoms with E-state index in [9.17, 15) is 9.90 Å². The first-order chi connectivity index (χ1) is 9.02. The Hall–Kier alpha value is -1.49. The summed E-state index contributed by atoms with van der Waals surface area (Å²) in [6, 6.07) is 1.74. The highest BCUT2D eigenvalue weighted by molar-refractivity contribution is 5.94. The third-order valence-corrected chi connectivity index (χ3v) is 3.80. The molecule has 2 heterocycles. The normalized spacial score (nSPS) is 20.8. The second-order valence-corrected chi connectivity index (χ2v) is 5.39. The number of hydrogen-bond donors (Lipinski definition) is 2. The van der Waals surface area contributed by atoms with Gasteiger partial charge in [-0.05, 0) is 25.8 Å². The van der Waals surface area contributed by atoms with Crippen LogP contribution < -0.4 is 5.73 Å². The molecule has 2 unspecified atom stereocenters. The second kappa shape index (κ2) is 5.65. The predicted octanol–water partition coefficient (Wildman–Crippen LogP) is 1.32. The number of nitrogens with two attached hydrogens (primary N) is 1. The van der Waals surface area contributed by atoms with Crippen molar-refractivity contribution in [1.29, 1.82) is 0 Å². The van der Waals surface area contributed by atoms with Gasteiger partial charge in [-0.3, -0.25) is 4.79 Å². The van der Waals surface area contributed by atoms with Gasteiger partial charge in [0.2, 0.25) is 0 Å². The minimum atomic E-state index is -0.356. The van der Waals surface area contributed by atoms with Crippen molar-refractivity contribution in [2.75, 3.05) is 18.8 Å². The Morgan fingerprint density at radius 1 is 1.63 bits per heavy atom. The lowest BCUT2D eigenvalue weighted by molar-refractivity contribution is 0.0752. The first-order valence-electron chi connectivity index (χ1n) is 6.96. The minimum absolute atomic E-state index is 0.0216. The van der Waals surface area contributed by atoms with Crippen LogP contribution in [0.2, 0.25) is 0 Å². The Bertz CT molecular complexity index is 454. The number of nitrogen functional groups attached to an aromatic ring is 1. The molecule has 1 fully saturated rings. The van der Waals surface area contributed by atoms with Gasteiger partial charge >= 0.3 is 0 Å². The van der Waals surface area contributed by atoms with Gasteiger partial charge in [0.1, 0.15) is 5.69 Å². The summed E-state index contributed by atoms with van der Waals surface area (Å²) in [7, 11) is 0. The van der Waals surface area contributed by atoms with E-state index in [-0.39, 0.29) is 17.9 Å². The van der Waals surface area contributed by atoms with Crippen LogP contribution in [0, 0.1) is 5.92 Å². The molecule has 1 amide bonds. The zero-order chi connectivity index (χ0) is 14.0. The second-order valence-electron chi connectivity index (χ2n) is 5.39. The van der Waals surface area contributed by atoms with E-state index in [1.165, 1.54) is 0 Å². The molecular weight excluding hydrogens is 242 g/mol. The fraction of sp³-hybridized carbons (Fsp3) is 0.643. The van der Waals surface area contributed by atoms with E-state index in [0.717, 1.165) is 19.4 Å². The van der Waals surface area contributed by atoms with Crippen LogP contribution in [0.1, 0.15) is 37.2 Å². The lowest BCUT2D eigenvalue weighted by Gasteiger charge is -2.18. The van der Waals surface area contributed by atoms with Crippen molar-refractivity contribution in [3.05, 3.63) is 18.0 Å². The summed E-state index contributed by atoms with van der Waals surface area (Å²) in [5.74, 6) is 0.212. The maximum atomic E-state index is 12.5. The molecular formula is C14H23N3O2. The number of nitrogens with zero attached hydrogens (tertiary/aromatic N) is 2. The van der Waals surface area contributed by atoms with Crippen LogP contribution in [-0.4, -0.2) is 39.7 Å². The van der Waals surface area contributed by atoms with E-state index >= 15 is 0 Å². The summed E-state index contributed by atoms with van der Waals surface area (Å²) in [4.78, 5) is 14.3. The summed E-state index contributed by atoms with van der Waals surface area (Å²) in [5.41, 5.74) is 7.08. The SMILES string of the molecule is CCCn1cc(N)cc1C(=O)N1CCC(C(C)O)C1. The average Bonchev–Trinajstić information content (AvgIpc) is 2.95. The molecule has 2 atom stereocenters. The molecule has 5 heteroatoms. The van der Waals surface area contributed by atoms with Crippen LogP contribution in [-0.2, 0) is 6.54 Å². The number of amides is 1. The van der Waals surface area contributed by atoms with Crippen molar-refractivity contribution in [2.45, 2.75) is 39.3 Å². The van der Waals surface area contributed by atoms with Crippen LogP contribution in [0.3, 0.4) is 0 Å². The summed E-state index contributed by atoms with van der Waals surface area (Å²) in [5, 5.41) is 9.60. The van der Waals surface area contributed by atoms with Crippen LogP contribution in [0.25, 0.3) is 0 Å². The quantitative estimate of drug-likeness (QED) is 0.862. The van der Waals surface area contributed by atoms with E-state index < -0.39 is 0 Å². The highest BCUT2D eigenvalue weighted by Gasteiger charge is 2.30. The molecule has 5 nitrogen and oxygen atoms in total. The van der Waals surface area contributed by atoms with Gasteiger partial charge in [0.05, 0.1) is 11.8 Å². The molecule has 2 rings (SSSR count). The smallest absolute Gasteiger partial charge is 0.270 e. The minimum Gasteiger partial charge on any atom is -0.397 e. The number of aliphatic hydroxyl groups is 1. The molecule has 0 bridgehead atoms. The van der Waals surface area contributed by atoms with E-state index in [0.29, 0.717) is 24.5 Å². The van der Waals surface area contributed by atoms with Gasteiger partial charge in [0, 0.05) is 31.7 Å². The topological polar surface area (TPSA) is 71.5 Å². The molecule has 0 aromatic carbocycles.